The molecule has 3 rings (SSSR count). The van der Waals surface area contributed by atoms with Gasteiger partial charge in [0.15, 0.2) is 0 Å². The molecule has 1 atom stereocenters. The van der Waals surface area contributed by atoms with E-state index in [9.17, 15) is 9.59 Å². The molecule has 0 saturated carbocycles. The van der Waals surface area contributed by atoms with E-state index in [1.807, 2.05) is 54.6 Å². The Hall–Kier alpha value is -2.90. The number of likely N-dealkylation sites (N-methyl/N-ethyl adjacent to an activating group) is 1. The summed E-state index contributed by atoms with van der Waals surface area (Å²) in [6, 6.07) is 16.6. The lowest BCUT2D eigenvalue weighted by Crippen LogP contribution is -2.43. The largest absolute Gasteiger partial charge is 0.378 e. The van der Waals surface area contributed by atoms with Gasteiger partial charge in [-0.1, -0.05) is 18.2 Å². The number of hydrogen-bond acceptors (Lipinski definition) is 5. The summed E-state index contributed by atoms with van der Waals surface area (Å²) >= 11 is 0. The fraction of sp³-hybridized carbons (Fsp3) is 0.364. The molecule has 1 heterocycles. The molecule has 1 aliphatic rings. The standard InChI is InChI=1S/C22H28N4O3/c1-17(22(28)24-18-6-4-3-5-7-18)25(2)16-21(27)23-19-8-10-20(11-9-19)26-12-14-29-15-13-26/h3-11,17H,12-16H2,1-2H3,(H,23,27)(H,24,28)/t17-/m0/s1. The minimum atomic E-state index is -0.440. The maximum absolute atomic E-state index is 12.4. The van der Waals surface area contributed by atoms with Crippen LogP contribution < -0.4 is 15.5 Å². The molecule has 0 aliphatic carbocycles. The van der Waals surface area contributed by atoms with Crippen LogP contribution in [0.5, 0.6) is 0 Å². The first kappa shape index (κ1) is 20.8. The molecule has 1 aliphatic heterocycles. The highest BCUT2D eigenvalue weighted by atomic mass is 16.5. The van der Waals surface area contributed by atoms with Crippen LogP contribution in [0.4, 0.5) is 17.1 Å². The van der Waals surface area contributed by atoms with Crippen LogP contribution in [0.25, 0.3) is 0 Å². The molecule has 1 saturated heterocycles. The number of nitrogens with one attached hydrogen (secondary N) is 2. The number of morpholine rings is 1. The first-order valence-electron chi connectivity index (χ1n) is 9.81. The van der Waals surface area contributed by atoms with Gasteiger partial charge in [-0.2, -0.15) is 0 Å². The first-order chi connectivity index (χ1) is 14.0. The maximum Gasteiger partial charge on any atom is 0.241 e. The number of ether oxygens (including phenoxy) is 1. The molecule has 0 unspecified atom stereocenters. The predicted octanol–water partition coefficient (Wildman–Crippen LogP) is 2.42. The van der Waals surface area contributed by atoms with Gasteiger partial charge < -0.3 is 20.3 Å². The van der Waals surface area contributed by atoms with Crippen molar-refractivity contribution in [2.75, 3.05) is 55.4 Å². The predicted molar refractivity (Wildman–Crippen MR) is 115 cm³/mol. The molecular formula is C22H28N4O3. The number of carbonyl (C=O) groups is 2. The van der Waals surface area contributed by atoms with Gasteiger partial charge in [0.25, 0.3) is 0 Å². The van der Waals surface area contributed by atoms with Gasteiger partial charge in [-0.05, 0) is 50.4 Å². The van der Waals surface area contributed by atoms with E-state index >= 15 is 0 Å². The second-order valence-corrected chi connectivity index (χ2v) is 7.14. The highest BCUT2D eigenvalue weighted by Crippen LogP contribution is 2.19. The monoisotopic (exact) mass is 396 g/mol. The van der Waals surface area contributed by atoms with Crippen molar-refractivity contribution < 1.29 is 14.3 Å². The number of nitrogens with zero attached hydrogens (tertiary/aromatic N) is 2. The number of rotatable bonds is 7. The van der Waals surface area contributed by atoms with Crippen LogP contribution >= 0.6 is 0 Å². The molecule has 2 aromatic carbocycles. The lowest BCUT2D eigenvalue weighted by atomic mass is 10.2. The average Bonchev–Trinajstić information content (AvgIpc) is 2.75. The van der Waals surface area contributed by atoms with Crippen LogP contribution in [0.3, 0.4) is 0 Å². The maximum atomic E-state index is 12.4. The molecule has 0 aromatic heterocycles. The van der Waals surface area contributed by atoms with Crippen LogP contribution in [0, 0.1) is 0 Å². The summed E-state index contributed by atoms with van der Waals surface area (Å²) in [6.45, 7) is 5.12. The first-order valence-corrected chi connectivity index (χ1v) is 9.81. The Morgan fingerprint density at radius 3 is 2.28 bits per heavy atom. The topological polar surface area (TPSA) is 73.9 Å². The molecule has 1 fully saturated rings. The van der Waals surface area contributed by atoms with E-state index in [1.165, 1.54) is 0 Å². The number of para-hydroxylation sites is 1. The van der Waals surface area contributed by atoms with Crippen molar-refractivity contribution in [2.45, 2.75) is 13.0 Å². The SMILES string of the molecule is C[C@@H](C(=O)Nc1ccccc1)N(C)CC(=O)Nc1ccc(N2CCOCC2)cc1. The molecular weight excluding hydrogens is 368 g/mol. The Morgan fingerprint density at radius 1 is 1.00 bits per heavy atom. The van der Waals surface area contributed by atoms with Crippen molar-refractivity contribution in [1.29, 1.82) is 0 Å². The fourth-order valence-corrected chi connectivity index (χ4v) is 3.11. The second kappa shape index (κ2) is 10.0. The minimum Gasteiger partial charge on any atom is -0.378 e. The molecule has 7 nitrogen and oxygen atoms in total. The molecule has 0 radical (unpaired) electrons. The van der Waals surface area contributed by atoms with E-state index in [1.54, 1.807) is 18.9 Å². The zero-order valence-electron chi connectivity index (χ0n) is 16.9. The third-order valence-electron chi connectivity index (χ3n) is 5.00. The van der Waals surface area contributed by atoms with E-state index in [2.05, 4.69) is 15.5 Å². The Kier molecular flexibility index (Phi) is 7.21. The van der Waals surface area contributed by atoms with E-state index in [0.29, 0.717) is 0 Å². The average molecular weight is 396 g/mol. The van der Waals surface area contributed by atoms with Gasteiger partial charge in [-0.25, -0.2) is 0 Å². The Balaban J connectivity index is 1.48. The van der Waals surface area contributed by atoms with E-state index in [4.69, 9.17) is 4.74 Å². The summed E-state index contributed by atoms with van der Waals surface area (Å²) < 4.78 is 5.37. The van der Waals surface area contributed by atoms with Gasteiger partial charge >= 0.3 is 0 Å². The molecule has 154 valence electrons. The van der Waals surface area contributed by atoms with Crippen molar-refractivity contribution in [3.8, 4) is 0 Å². The van der Waals surface area contributed by atoms with Gasteiger partial charge in [-0.15, -0.1) is 0 Å². The number of benzene rings is 2. The van der Waals surface area contributed by atoms with Crippen LogP contribution in [-0.4, -0.2) is 62.7 Å². The highest BCUT2D eigenvalue weighted by Gasteiger charge is 2.20. The zero-order valence-corrected chi connectivity index (χ0v) is 16.9. The Labute approximate surface area is 171 Å². The minimum absolute atomic E-state index is 0.120. The van der Waals surface area contributed by atoms with Crippen molar-refractivity contribution in [3.63, 3.8) is 0 Å². The van der Waals surface area contributed by atoms with E-state index in [0.717, 1.165) is 43.4 Å². The van der Waals surface area contributed by atoms with Crippen LogP contribution in [0.1, 0.15) is 6.92 Å². The van der Waals surface area contributed by atoms with Gasteiger partial charge in [-0.3, -0.25) is 14.5 Å². The zero-order chi connectivity index (χ0) is 20.6. The van der Waals surface area contributed by atoms with Gasteiger partial charge in [0.1, 0.15) is 0 Å². The molecule has 29 heavy (non-hydrogen) atoms. The number of anilines is 3. The third-order valence-corrected chi connectivity index (χ3v) is 5.00. The molecule has 7 heteroatoms. The number of amides is 2. The summed E-state index contributed by atoms with van der Waals surface area (Å²) in [7, 11) is 1.76. The van der Waals surface area contributed by atoms with Crippen LogP contribution in [-0.2, 0) is 14.3 Å². The Morgan fingerprint density at radius 2 is 1.62 bits per heavy atom. The summed E-state index contributed by atoms with van der Waals surface area (Å²) in [5, 5.41) is 5.75. The molecule has 2 amide bonds. The van der Waals surface area contributed by atoms with Gasteiger partial charge in [0, 0.05) is 30.2 Å². The van der Waals surface area contributed by atoms with Crippen LogP contribution in [0.2, 0.25) is 0 Å². The summed E-state index contributed by atoms with van der Waals surface area (Å²) in [4.78, 5) is 28.7. The quantitative estimate of drug-likeness (QED) is 0.752. The molecule has 0 spiro atoms. The van der Waals surface area contributed by atoms with Crippen molar-refractivity contribution in [1.82, 2.24) is 4.90 Å². The molecule has 2 N–H and O–H groups in total. The normalized spacial score (nSPS) is 15.1. The number of hydrogen-bond donors (Lipinski definition) is 2. The number of carbonyl (C=O) groups excluding carboxylic acids is 2. The van der Waals surface area contributed by atoms with Crippen molar-refractivity contribution in [2.24, 2.45) is 0 Å². The van der Waals surface area contributed by atoms with Crippen molar-refractivity contribution >= 4 is 28.9 Å². The van der Waals surface area contributed by atoms with Crippen LogP contribution in [0.15, 0.2) is 54.6 Å². The van der Waals surface area contributed by atoms with Gasteiger partial charge in [0.05, 0.1) is 25.8 Å². The summed E-state index contributed by atoms with van der Waals surface area (Å²) in [5.41, 5.74) is 2.60. The molecule has 0 bridgehead atoms. The van der Waals surface area contributed by atoms with Crippen molar-refractivity contribution in [3.05, 3.63) is 54.6 Å². The molecule has 2 aromatic rings. The summed E-state index contributed by atoms with van der Waals surface area (Å²) in [6.07, 6.45) is 0. The fourth-order valence-electron chi connectivity index (χ4n) is 3.11. The highest BCUT2D eigenvalue weighted by molar-refractivity contribution is 5.96. The van der Waals surface area contributed by atoms with E-state index in [-0.39, 0.29) is 18.4 Å². The summed E-state index contributed by atoms with van der Waals surface area (Å²) in [5.74, 6) is -0.313. The van der Waals surface area contributed by atoms with E-state index < -0.39 is 6.04 Å². The van der Waals surface area contributed by atoms with Gasteiger partial charge in [0.2, 0.25) is 11.8 Å². The smallest absolute Gasteiger partial charge is 0.241 e. The third kappa shape index (κ3) is 6.04. The lowest BCUT2D eigenvalue weighted by Gasteiger charge is -2.29. The lowest BCUT2D eigenvalue weighted by molar-refractivity contribution is -0.122. The second-order valence-electron chi connectivity index (χ2n) is 7.14. The Bertz CT molecular complexity index is 805.